The molecule has 0 bridgehead atoms. The molecule has 2 atom stereocenters. The second-order valence-electron chi connectivity index (χ2n) is 9.08. The number of rotatable bonds is 7. The number of β-amino-alcohol motifs (C(OH)–C–C–N with tert-alkyl or cyclic N) is 1. The minimum atomic E-state index is -0.649. The highest BCUT2D eigenvalue weighted by Crippen LogP contribution is 2.40. The second kappa shape index (κ2) is 9.23. The van der Waals surface area contributed by atoms with Crippen LogP contribution in [0, 0.1) is 18.7 Å². The van der Waals surface area contributed by atoms with E-state index in [4.69, 9.17) is 9.47 Å². The van der Waals surface area contributed by atoms with Crippen molar-refractivity contribution in [2.75, 3.05) is 26.8 Å². The van der Waals surface area contributed by atoms with Gasteiger partial charge in [0, 0.05) is 35.6 Å². The molecular formula is C25H29FN4O4. The molecule has 9 heteroatoms. The Morgan fingerprint density at radius 3 is 2.82 bits per heavy atom. The predicted molar refractivity (Wildman–Crippen MR) is 126 cm³/mol. The average Bonchev–Trinajstić information content (AvgIpc) is 3.59. The molecule has 2 fully saturated rings. The van der Waals surface area contributed by atoms with Crippen LogP contribution in [0.5, 0.6) is 11.5 Å². The number of amides is 1. The molecule has 3 heterocycles. The smallest absolute Gasteiger partial charge is 0.255 e. The van der Waals surface area contributed by atoms with E-state index >= 15 is 0 Å². The average molecular weight is 469 g/mol. The van der Waals surface area contributed by atoms with Gasteiger partial charge in [-0.05, 0) is 50.8 Å². The van der Waals surface area contributed by atoms with Gasteiger partial charge in [0.05, 0.1) is 36.9 Å². The molecule has 0 unspecified atom stereocenters. The Hall–Kier alpha value is -3.17. The lowest BCUT2D eigenvalue weighted by atomic mass is 10.0. The highest BCUT2D eigenvalue weighted by Gasteiger charge is 2.28. The van der Waals surface area contributed by atoms with Crippen LogP contribution in [0.2, 0.25) is 0 Å². The summed E-state index contributed by atoms with van der Waals surface area (Å²) >= 11 is 0. The molecule has 1 aliphatic carbocycles. The molecule has 1 saturated carbocycles. The number of halogens is 1. The maximum atomic E-state index is 14.5. The van der Waals surface area contributed by atoms with Gasteiger partial charge in [0.2, 0.25) is 0 Å². The lowest BCUT2D eigenvalue weighted by Gasteiger charge is -2.29. The first-order chi connectivity index (χ1) is 16.5. The number of H-pyrrole nitrogens is 1. The van der Waals surface area contributed by atoms with E-state index in [0.29, 0.717) is 59.1 Å². The minimum Gasteiger partial charge on any atom is -0.494 e. The monoisotopic (exact) mass is 468 g/mol. The topological polar surface area (TPSA) is 109 Å². The van der Waals surface area contributed by atoms with E-state index < -0.39 is 11.9 Å². The number of hydrogen-bond acceptors (Lipinski definition) is 6. The fraction of sp³-hybridized carbons (Fsp3) is 0.440. The third-order valence-electron chi connectivity index (χ3n) is 6.58. The number of aromatic amines is 1. The molecular weight excluding hydrogens is 439 g/mol. The molecule has 5 rings (SSSR count). The van der Waals surface area contributed by atoms with Crippen LogP contribution in [0.1, 0.15) is 35.3 Å². The van der Waals surface area contributed by atoms with Crippen LogP contribution in [0.15, 0.2) is 24.4 Å². The quantitative estimate of drug-likeness (QED) is 0.425. The summed E-state index contributed by atoms with van der Waals surface area (Å²) in [4.78, 5) is 21.0. The van der Waals surface area contributed by atoms with Crippen molar-refractivity contribution < 1.29 is 23.8 Å². The van der Waals surface area contributed by atoms with Crippen LogP contribution in [0.25, 0.3) is 22.2 Å². The molecule has 0 spiro atoms. The van der Waals surface area contributed by atoms with E-state index in [9.17, 15) is 14.3 Å². The van der Waals surface area contributed by atoms with E-state index in [1.165, 1.54) is 13.2 Å². The summed E-state index contributed by atoms with van der Waals surface area (Å²) in [5.74, 6) is 0.254. The molecule has 34 heavy (non-hydrogen) atoms. The van der Waals surface area contributed by atoms with Gasteiger partial charge in [0.25, 0.3) is 5.91 Å². The van der Waals surface area contributed by atoms with Crippen LogP contribution in [0.3, 0.4) is 0 Å². The van der Waals surface area contributed by atoms with Crippen LogP contribution in [0.4, 0.5) is 4.39 Å². The molecule has 2 aliphatic rings. The lowest BCUT2D eigenvalue weighted by Crippen LogP contribution is -2.52. The van der Waals surface area contributed by atoms with Gasteiger partial charge in [-0.25, -0.2) is 4.39 Å². The van der Waals surface area contributed by atoms with E-state index in [-0.39, 0.29) is 17.7 Å². The fourth-order valence-electron chi connectivity index (χ4n) is 4.47. The normalized spacial score (nSPS) is 20.4. The Morgan fingerprint density at radius 1 is 1.26 bits per heavy atom. The number of fused-ring (bicyclic) bond motifs is 1. The third kappa shape index (κ3) is 4.33. The molecule has 1 saturated heterocycles. The van der Waals surface area contributed by atoms with Crippen molar-refractivity contribution in [3.8, 4) is 22.6 Å². The number of aromatic nitrogens is 2. The first-order valence-electron chi connectivity index (χ1n) is 11.6. The summed E-state index contributed by atoms with van der Waals surface area (Å²) in [6, 6.07) is 4.45. The van der Waals surface area contributed by atoms with Crippen LogP contribution < -0.4 is 20.1 Å². The number of piperidine rings is 1. The van der Waals surface area contributed by atoms with E-state index in [1.807, 2.05) is 13.0 Å². The number of aryl methyl sites for hydroxylation is 1. The second-order valence-corrected chi connectivity index (χ2v) is 9.08. The summed E-state index contributed by atoms with van der Waals surface area (Å²) in [6.07, 6.45) is 3.86. The number of methoxy groups -OCH3 is 1. The van der Waals surface area contributed by atoms with E-state index in [1.54, 1.807) is 12.3 Å². The summed E-state index contributed by atoms with van der Waals surface area (Å²) in [6.45, 7) is 3.52. The van der Waals surface area contributed by atoms with Gasteiger partial charge in [-0.15, -0.1) is 0 Å². The molecule has 0 radical (unpaired) electrons. The van der Waals surface area contributed by atoms with Crippen LogP contribution in [-0.2, 0) is 0 Å². The molecule has 1 aromatic carbocycles. The van der Waals surface area contributed by atoms with Crippen molar-refractivity contribution in [1.82, 2.24) is 20.6 Å². The van der Waals surface area contributed by atoms with Gasteiger partial charge in [-0.2, -0.15) is 0 Å². The minimum absolute atomic E-state index is 0.111. The molecule has 2 aromatic heterocycles. The van der Waals surface area contributed by atoms with Crippen LogP contribution in [-0.4, -0.2) is 59.9 Å². The number of ether oxygens (including phenoxy) is 2. The zero-order valence-corrected chi connectivity index (χ0v) is 19.3. The van der Waals surface area contributed by atoms with Crippen molar-refractivity contribution in [2.24, 2.45) is 5.92 Å². The predicted octanol–water partition coefficient (Wildman–Crippen LogP) is 2.93. The number of nitrogens with zero attached hydrogens (tertiary/aromatic N) is 1. The maximum Gasteiger partial charge on any atom is 0.255 e. The van der Waals surface area contributed by atoms with E-state index in [2.05, 4.69) is 20.6 Å². The third-order valence-corrected chi connectivity index (χ3v) is 6.58. The Labute approximate surface area is 196 Å². The summed E-state index contributed by atoms with van der Waals surface area (Å²) in [5.41, 5.74) is 3.64. The summed E-state index contributed by atoms with van der Waals surface area (Å²) < 4.78 is 25.7. The van der Waals surface area contributed by atoms with Crippen molar-refractivity contribution in [3.63, 3.8) is 0 Å². The van der Waals surface area contributed by atoms with Gasteiger partial charge < -0.3 is 30.2 Å². The number of hydrogen-bond donors (Lipinski definition) is 4. The molecule has 1 aliphatic heterocycles. The number of benzene rings is 1. The first kappa shape index (κ1) is 22.6. The van der Waals surface area contributed by atoms with Gasteiger partial charge >= 0.3 is 0 Å². The van der Waals surface area contributed by atoms with Gasteiger partial charge in [-0.1, -0.05) is 0 Å². The first-order valence-corrected chi connectivity index (χ1v) is 11.6. The van der Waals surface area contributed by atoms with Gasteiger partial charge in [0.1, 0.15) is 11.3 Å². The van der Waals surface area contributed by atoms with Crippen LogP contribution >= 0.6 is 0 Å². The lowest BCUT2D eigenvalue weighted by molar-refractivity contribution is 0.0766. The zero-order valence-electron chi connectivity index (χ0n) is 19.3. The van der Waals surface area contributed by atoms with Crippen molar-refractivity contribution in [2.45, 2.75) is 38.3 Å². The molecule has 4 N–H and O–H groups in total. The number of carbonyl (C=O) groups is 1. The number of aliphatic hydroxyl groups excluding tert-OH is 1. The highest BCUT2D eigenvalue weighted by atomic mass is 19.1. The molecule has 8 nitrogen and oxygen atoms in total. The number of carbonyl (C=O) groups excluding carboxylic acids is 1. The summed E-state index contributed by atoms with van der Waals surface area (Å²) in [7, 11) is 1.42. The molecule has 180 valence electrons. The molecule has 3 aromatic rings. The summed E-state index contributed by atoms with van der Waals surface area (Å²) in [5, 5.41) is 16.3. The number of nitrogens with one attached hydrogen (secondary N) is 3. The Kier molecular flexibility index (Phi) is 6.14. The maximum absolute atomic E-state index is 14.5. The number of pyridine rings is 1. The highest BCUT2D eigenvalue weighted by molar-refractivity contribution is 6.09. The van der Waals surface area contributed by atoms with Gasteiger partial charge in [0.15, 0.2) is 11.6 Å². The Balaban J connectivity index is 1.55. The van der Waals surface area contributed by atoms with Crippen molar-refractivity contribution >= 4 is 16.9 Å². The van der Waals surface area contributed by atoms with E-state index in [0.717, 1.165) is 24.9 Å². The fourth-order valence-corrected chi connectivity index (χ4v) is 4.47. The SMILES string of the molecule is COc1cc(-c2ccnc3c(C(=O)N[C@@H]4CCNC[C@@H]4O)c(C)[nH]c23)c(OCC2CC2)cc1F. The standard InChI is InChI=1S/C25H29FN4O4/c1-13-22(25(32)30-18-6-7-27-11-19(18)31)24-23(29-13)15(5-8-28-24)16-9-21(33-2)17(26)10-20(16)34-12-14-3-4-14/h5,8-10,14,18-19,27,29,31H,3-4,6-7,11-12H2,1-2H3,(H,30,32)/t18-,19+/m1/s1. The number of aliphatic hydroxyl groups is 1. The molecule has 1 amide bonds. The van der Waals surface area contributed by atoms with Crippen molar-refractivity contribution in [3.05, 3.63) is 41.5 Å². The Morgan fingerprint density at radius 2 is 2.09 bits per heavy atom. The zero-order chi connectivity index (χ0) is 23.8. The largest absolute Gasteiger partial charge is 0.494 e. The van der Waals surface area contributed by atoms with Crippen molar-refractivity contribution in [1.29, 1.82) is 0 Å². The van der Waals surface area contributed by atoms with Gasteiger partial charge in [-0.3, -0.25) is 9.78 Å². The Bertz CT molecular complexity index is 1220.